The van der Waals surface area contributed by atoms with Crippen molar-refractivity contribution < 1.29 is 14.7 Å². The zero-order valence-electron chi connectivity index (χ0n) is 12.3. The molecule has 110 valence electrons. The van der Waals surface area contributed by atoms with Crippen LogP contribution in [0.15, 0.2) is 18.2 Å². The van der Waals surface area contributed by atoms with Crippen molar-refractivity contribution >= 4 is 11.6 Å². The molecule has 1 N–H and O–H groups in total. The first kappa shape index (κ1) is 13.1. The number of aromatic hydroxyl groups is 1. The van der Waals surface area contributed by atoms with E-state index in [9.17, 15) is 14.7 Å². The van der Waals surface area contributed by atoms with Crippen molar-refractivity contribution in [3.8, 4) is 5.75 Å². The number of Topliss-reactive ketones (excluding diaryl/α,β-unsaturated/α-hetero) is 2. The van der Waals surface area contributed by atoms with Crippen molar-refractivity contribution in [2.45, 2.75) is 44.9 Å². The average molecular weight is 284 g/mol. The number of carbonyl (C=O) groups excluding carboxylic acids is 2. The summed E-state index contributed by atoms with van der Waals surface area (Å²) in [4.78, 5) is 24.2. The van der Waals surface area contributed by atoms with Crippen molar-refractivity contribution in [2.75, 3.05) is 0 Å². The van der Waals surface area contributed by atoms with Crippen molar-refractivity contribution in [2.24, 2.45) is 17.3 Å². The van der Waals surface area contributed by atoms with Crippen molar-refractivity contribution in [3.63, 3.8) is 0 Å². The molecule has 4 atom stereocenters. The molecular formula is C18H20O3. The van der Waals surface area contributed by atoms with Crippen LogP contribution < -0.4 is 0 Å². The number of benzene rings is 1. The van der Waals surface area contributed by atoms with Crippen molar-refractivity contribution in [1.82, 2.24) is 0 Å². The van der Waals surface area contributed by atoms with E-state index in [1.807, 2.05) is 19.1 Å². The highest BCUT2D eigenvalue weighted by molar-refractivity contribution is 6.41. The summed E-state index contributed by atoms with van der Waals surface area (Å²) in [6.07, 6.45) is 4.23. The van der Waals surface area contributed by atoms with E-state index in [0.717, 1.165) is 25.7 Å². The molecule has 1 aromatic rings. The maximum Gasteiger partial charge on any atom is 0.204 e. The lowest BCUT2D eigenvalue weighted by Crippen LogP contribution is -2.42. The molecule has 3 nitrogen and oxygen atoms in total. The first-order chi connectivity index (χ1) is 10.0. The van der Waals surface area contributed by atoms with E-state index in [-0.39, 0.29) is 17.5 Å². The third-order valence-corrected chi connectivity index (χ3v) is 6.28. The number of phenolic OH excluding ortho intramolecular Hbond substituents is 1. The normalized spacial score (nSPS) is 37.9. The Balaban J connectivity index is 1.74. The molecule has 3 aliphatic carbocycles. The zero-order valence-corrected chi connectivity index (χ0v) is 12.3. The molecule has 0 bridgehead atoms. The molecule has 0 amide bonds. The Hall–Kier alpha value is -1.64. The Morgan fingerprint density at radius 1 is 1.24 bits per heavy atom. The van der Waals surface area contributed by atoms with Crippen LogP contribution in [0.5, 0.6) is 5.75 Å². The third-order valence-electron chi connectivity index (χ3n) is 6.28. The lowest BCUT2D eigenvalue weighted by molar-refractivity contribution is -0.139. The summed E-state index contributed by atoms with van der Waals surface area (Å²) >= 11 is 0. The molecular weight excluding hydrogens is 264 g/mol. The van der Waals surface area contributed by atoms with Gasteiger partial charge < -0.3 is 5.11 Å². The van der Waals surface area contributed by atoms with E-state index >= 15 is 0 Å². The number of fused-ring (bicyclic) bond motifs is 5. The maximum atomic E-state index is 12.2. The van der Waals surface area contributed by atoms with E-state index in [0.29, 0.717) is 24.0 Å². The number of phenols is 1. The van der Waals surface area contributed by atoms with Crippen LogP contribution in [-0.2, 0) is 16.0 Å². The monoisotopic (exact) mass is 284 g/mol. The molecule has 2 saturated carbocycles. The largest absolute Gasteiger partial charge is 0.508 e. The van der Waals surface area contributed by atoms with Gasteiger partial charge in [-0.2, -0.15) is 0 Å². The van der Waals surface area contributed by atoms with Crippen LogP contribution in [0, 0.1) is 17.3 Å². The van der Waals surface area contributed by atoms with Crippen LogP contribution in [0.25, 0.3) is 0 Å². The van der Waals surface area contributed by atoms with E-state index < -0.39 is 5.41 Å². The number of carbonyl (C=O) groups is 2. The van der Waals surface area contributed by atoms with Gasteiger partial charge in [0.25, 0.3) is 0 Å². The SMILES string of the molecule is CC12CCC3c4ccc(O)cc4CCC3C1CC(=O)C2=O. The van der Waals surface area contributed by atoms with Gasteiger partial charge in [0.2, 0.25) is 5.78 Å². The number of hydrogen-bond donors (Lipinski definition) is 1. The number of rotatable bonds is 0. The van der Waals surface area contributed by atoms with Gasteiger partial charge in [-0.15, -0.1) is 0 Å². The molecule has 0 aromatic heterocycles. The Labute approximate surface area is 124 Å². The number of ketones is 2. The van der Waals surface area contributed by atoms with Crippen LogP contribution in [0.4, 0.5) is 0 Å². The predicted octanol–water partition coefficient (Wildman–Crippen LogP) is 3.00. The van der Waals surface area contributed by atoms with Crippen LogP contribution in [0.2, 0.25) is 0 Å². The zero-order chi connectivity index (χ0) is 14.8. The fourth-order valence-corrected chi connectivity index (χ4v) is 5.16. The Kier molecular flexibility index (Phi) is 2.60. The Bertz CT molecular complexity index is 648. The van der Waals surface area contributed by atoms with Gasteiger partial charge in [0.1, 0.15) is 5.75 Å². The summed E-state index contributed by atoms with van der Waals surface area (Å²) in [7, 11) is 0. The van der Waals surface area contributed by atoms with Gasteiger partial charge in [-0.1, -0.05) is 13.0 Å². The topological polar surface area (TPSA) is 54.4 Å². The lowest BCUT2D eigenvalue weighted by Gasteiger charge is -2.47. The minimum atomic E-state index is -0.410. The second kappa shape index (κ2) is 4.19. The average Bonchev–Trinajstić information content (AvgIpc) is 2.70. The maximum absolute atomic E-state index is 12.2. The summed E-state index contributed by atoms with van der Waals surface area (Å²) in [5.41, 5.74) is 2.17. The van der Waals surface area contributed by atoms with Gasteiger partial charge in [0.15, 0.2) is 5.78 Å². The lowest BCUT2D eigenvalue weighted by atomic mass is 9.55. The Morgan fingerprint density at radius 2 is 2.05 bits per heavy atom. The molecule has 4 unspecified atom stereocenters. The summed E-state index contributed by atoms with van der Waals surface area (Å²) in [6.45, 7) is 2.01. The molecule has 0 saturated heterocycles. The van der Waals surface area contributed by atoms with Crippen LogP contribution in [0.1, 0.15) is 49.7 Å². The third kappa shape index (κ3) is 1.66. The highest BCUT2D eigenvalue weighted by Crippen LogP contribution is 2.58. The summed E-state index contributed by atoms with van der Waals surface area (Å²) in [5.74, 6) is 1.17. The van der Waals surface area contributed by atoms with Crippen molar-refractivity contribution in [1.29, 1.82) is 0 Å². The molecule has 0 heterocycles. The smallest absolute Gasteiger partial charge is 0.204 e. The highest BCUT2D eigenvalue weighted by Gasteiger charge is 2.58. The van der Waals surface area contributed by atoms with Gasteiger partial charge in [-0.3, -0.25) is 9.59 Å². The Morgan fingerprint density at radius 3 is 2.86 bits per heavy atom. The quantitative estimate of drug-likeness (QED) is 0.745. The van der Waals surface area contributed by atoms with Crippen LogP contribution >= 0.6 is 0 Å². The molecule has 2 fully saturated rings. The predicted molar refractivity (Wildman–Crippen MR) is 78.1 cm³/mol. The van der Waals surface area contributed by atoms with Gasteiger partial charge >= 0.3 is 0 Å². The summed E-state index contributed by atoms with van der Waals surface area (Å²) in [5, 5.41) is 9.66. The second-order valence-electron chi connectivity index (χ2n) is 7.21. The minimum absolute atomic E-state index is 0.123. The van der Waals surface area contributed by atoms with Crippen molar-refractivity contribution in [3.05, 3.63) is 29.3 Å². The van der Waals surface area contributed by atoms with Crippen LogP contribution in [0.3, 0.4) is 0 Å². The highest BCUT2D eigenvalue weighted by atomic mass is 16.3. The van der Waals surface area contributed by atoms with Gasteiger partial charge in [0, 0.05) is 11.8 Å². The van der Waals surface area contributed by atoms with Gasteiger partial charge in [-0.25, -0.2) is 0 Å². The number of aryl methyl sites for hydroxylation is 1. The summed E-state index contributed by atoms with van der Waals surface area (Å²) < 4.78 is 0. The molecule has 21 heavy (non-hydrogen) atoms. The number of hydrogen-bond acceptors (Lipinski definition) is 3. The first-order valence-corrected chi connectivity index (χ1v) is 7.90. The van der Waals surface area contributed by atoms with Gasteiger partial charge in [-0.05, 0) is 66.7 Å². The van der Waals surface area contributed by atoms with E-state index in [2.05, 4.69) is 0 Å². The molecule has 0 radical (unpaired) electrons. The fourth-order valence-electron chi connectivity index (χ4n) is 5.16. The second-order valence-corrected chi connectivity index (χ2v) is 7.21. The molecule has 0 spiro atoms. The standard InChI is InChI=1S/C18H20O3/c1-18-7-6-13-12-5-3-11(19)8-10(12)2-4-14(13)15(18)9-16(20)17(18)21/h3,5,8,13-15,19H,2,4,6-7,9H2,1H3. The molecule has 4 rings (SSSR count). The first-order valence-electron chi connectivity index (χ1n) is 7.90. The minimum Gasteiger partial charge on any atom is -0.508 e. The van der Waals surface area contributed by atoms with Gasteiger partial charge in [0.05, 0.1) is 0 Å². The molecule has 3 heteroatoms. The van der Waals surface area contributed by atoms with Crippen LogP contribution in [-0.4, -0.2) is 16.7 Å². The summed E-state index contributed by atoms with van der Waals surface area (Å²) in [6, 6.07) is 5.69. The molecule has 1 aromatic carbocycles. The molecule has 0 aliphatic heterocycles. The van der Waals surface area contributed by atoms with E-state index in [1.165, 1.54) is 11.1 Å². The van der Waals surface area contributed by atoms with E-state index in [1.54, 1.807) is 6.07 Å². The molecule has 3 aliphatic rings. The van der Waals surface area contributed by atoms with E-state index in [4.69, 9.17) is 0 Å². The fraction of sp³-hybridized carbons (Fsp3) is 0.556.